The lowest BCUT2D eigenvalue weighted by Crippen LogP contribution is -2.52. The zero-order valence-corrected chi connectivity index (χ0v) is 21.9. The summed E-state index contributed by atoms with van der Waals surface area (Å²) in [4.78, 5) is 47.7. The van der Waals surface area contributed by atoms with Gasteiger partial charge in [-0.3, -0.25) is 14.4 Å². The zero-order valence-electron chi connectivity index (χ0n) is 21.1. The van der Waals surface area contributed by atoms with Crippen LogP contribution in [0.25, 0.3) is 0 Å². The molecule has 0 radical (unpaired) electrons. The molecule has 0 bridgehead atoms. The molecule has 2 heterocycles. The van der Waals surface area contributed by atoms with Gasteiger partial charge in [0.05, 0.1) is 23.4 Å². The van der Waals surface area contributed by atoms with Gasteiger partial charge >= 0.3 is 0 Å². The lowest BCUT2D eigenvalue weighted by atomic mass is 9.92. The van der Waals surface area contributed by atoms with Crippen molar-refractivity contribution in [2.75, 3.05) is 10.7 Å². The van der Waals surface area contributed by atoms with Crippen LogP contribution in [0.3, 0.4) is 0 Å². The van der Waals surface area contributed by atoms with Gasteiger partial charge in [-0.15, -0.1) is 0 Å². The van der Waals surface area contributed by atoms with Crippen LogP contribution < -0.4 is 4.90 Å². The second-order valence-corrected chi connectivity index (χ2v) is 10.8. The van der Waals surface area contributed by atoms with Gasteiger partial charge in [-0.25, -0.2) is 9.88 Å². The summed E-state index contributed by atoms with van der Waals surface area (Å²) in [5.74, 6) is -0.563. The Kier molecular flexibility index (Phi) is 8.10. The molecule has 1 saturated heterocycles. The van der Waals surface area contributed by atoms with Crippen LogP contribution in [0.1, 0.15) is 75.1 Å². The summed E-state index contributed by atoms with van der Waals surface area (Å²) in [6.45, 7) is 6.01. The number of hydrogen-bond acceptors (Lipinski definition) is 6. The second-order valence-electron chi connectivity index (χ2n) is 9.86. The van der Waals surface area contributed by atoms with Crippen molar-refractivity contribution in [1.82, 2.24) is 9.88 Å². The number of pyridine rings is 1. The minimum absolute atomic E-state index is 0.00978. The van der Waals surface area contributed by atoms with Gasteiger partial charge in [-0.2, -0.15) is 5.26 Å². The molecule has 3 amide bonds. The van der Waals surface area contributed by atoms with Gasteiger partial charge in [0.15, 0.2) is 0 Å². The molecule has 1 atom stereocenters. The van der Waals surface area contributed by atoms with Crippen LogP contribution in [0.4, 0.5) is 5.69 Å². The number of carbonyl (C=O) groups excluding carboxylic acids is 3. The lowest BCUT2D eigenvalue weighted by molar-refractivity contribution is -0.139. The molecule has 4 rings (SSSR count). The van der Waals surface area contributed by atoms with Crippen LogP contribution in [0.15, 0.2) is 41.4 Å². The minimum atomic E-state index is -0.805. The van der Waals surface area contributed by atoms with E-state index >= 15 is 0 Å². The van der Waals surface area contributed by atoms with E-state index in [0.29, 0.717) is 16.3 Å². The fraction of sp³-hybridized carbons (Fsp3) is 0.464. The highest BCUT2D eigenvalue weighted by Crippen LogP contribution is 2.32. The number of aryl methyl sites for hydroxylation is 1. The number of thioether (sulfide) groups is 1. The molecule has 7 nitrogen and oxygen atoms in total. The van der Waals surface area contributed by atoms with Crippen molar-refractivity contribution in [2.24, 2.45) is 0 Å². The van der Waals surface area contributed by atoms with Crippen molar-refractivity contribution >= 4 is 35.2 Å². The van der Waals surface area contributed by atoms with Gasteiger partial charge < -0.3 is 4.90 Å². The molecule has 1 aliphatic heterocycles. The predicted molar refractivity (Wildman–Crippen MR) is 140 cm³/mol. The van der Waals surface area contributed by atoms with Crippen LogP contribution >= 0.6 is 11.8 Å². The van der Waals surface area contributed by atoms with Crippen LogP contribution in [0.2, 0.25) is 0 Å². The highest BCUT2D eigenvalue weighted by Gasteiger charge is 2.46. The molecule has 2 fully saturated rings. The number of amides is 3. The van der Waals surface area contributed by atoms with Crippen molar-refractivity contribution in [3.63, 3.8) is 0 Å². The zero-order chi connectivity index (χ0) is 25.8. The summed E-state index contributed by atoms with van der Waals surface area (Å²) >= 11 is 1.23. The van der Waals surface area contributed by atoms with E-state index in [1.54, 1.807) is 23.1 Å². The van der Waals surface area contributed by atoms with E-state index in [-0.39, 0.29) is 41.9 Å². The van der Waals surface area contributed by atoms with E-state index in [4.69, 9.17) is 0 Å². The molecule has 1 unspecified atom stereocenters. The van der Waals surface area contributed by atoms with Crippen molar-refractivity contribution < 1.29 is 14.4 Å². The Morgan fingerprint density at radius 3 is 2.47 bits per heavy atom. The summed E-state index contributed by atoms with van der Waals surface area (Å²) in [5, 5.41) is 10.1. The molecule has 8 heteroatoms. The van der Waals surface area contributed by atoms with Gasteiger partial charge in [0.2, 0.25) is 11.8 Å². The van der Waals surface area contributed by atoms with Gasteiger partial charge in [0.1, 0.15) is 17.1 Å². The van der Waals surface area contributed by atoms with Crippen molar-refractivity contribution in [3.8, 4) is 6.07 Å². The van der Waals surface area contributed by atoms with E-state index in [1.165, 1.54) is 16.7 Å². The van der Waals surface area contributed by atoms with Gasteiger partial charge in [0, 0.05) is 11.7 Å². The summed E-state index contributed by atoms with van der Waals surface area (Å²) in [5.41, 5.74) is 2.87. The molecule has 0 N–H and O–H groups in total. The van der Waals surface area contributed by atoms with Crippen LogP contribution in [0, 0.1) is 18.3 Å². The smallest absolute Gasteiger partial charge is 0.257 e. The molecule has 1 aliphatic carbocycles. The topological polar surface area (TPSA) is 94.4 Å². The fourth-order valence-corrected chi connectivity index (χ4v) is 5.81. The Labute approximate surface area is 216 Å². The Morgan fingerprint density at radius 2 is 1.83 bits per heavy atom. The Morgan fingerprint density at radius 1 is 1.14 bits per heavy atom. The first-order valence-electron chi connectivity index (χ1n) is 12.6. The average molecular weight is 505 g/mol. The quantitative estimate of drug-likeness (QED) is 0.390. The number of aromatic nitrogens is 1. The van der Waals surface area contributed by atoms with Crippen LogP contribution in [-0.4, -0.2) is 45.4 Å². The molecule has 2 aromatic rings. The van der Waals surface area contributed by atoms with E-state index < -0.39 is 6.04 Å². The highest BCUT2D eigenvalue weighted by molar-refractivity contribution is 8.00. The summed E-state index contributed by atoms with van der Waals surface area (Å²) in [6, 6.07) is 12.1. The minimum Gasteiger partial charge on any atom is -0.326 e. The number of carbonyl (C=O) groups is 3. The summed E-state index contributed by atoms with van der Waals surface area (Å²) in [7, 11) is 0. The number of nitrogens with zero attached hydrogens (tertiary/aromatic N) is 4. The third-order valence-electron chi connectivity index (χ3n) is 6.93. The van der Waals surface area contributed by atoms with Gasteiger partial charge in [-0.05, 0) is 49.9 Å². The Hall–Kier alpha value is -3.18. The maximum atomic E-state index is 13.7. The largest absolute Gasteiger partial charge is 0.326 e. The molecular weight excluding hydrogens is 472 g/mol. The molecule has 1 saturated carbocycles. The van der Waals surface area contributed by atoms with E-state index in [1.807, 2.05) is 39.0 Å². The predicted octanol–water partition coefficient (Wildman–Crippen LogP) is 4.97. The maximum absolute atomic E-state index is 13.7. The number of nitriles is 1. The maximum Gasteiger partial charge on any atom is 0.257 e. The Balaban J connectivity index is 1.58. The SMILES string of the molecule is Cc1ccc(N2C(=O)CC(N(C(=O)CSc3nc(C(C)C)ccc3C#N)C3CCCCC3)C2=O)cc1. The first kappa shape index (κ1) is 25.9. The fourth-order valence-electron chi connectivity index (χ4n) is 4.97. The average Bonchev–Trinajstić information content (AvgIpc) is 3.17. The molecule has 188 valence electrons. The standard InChI is InChI=1S/C28H32N4O3S/c1-18(2)23-14-11-20(16-29)27(30-23)36-17-26(34)31(21-7-5-4-6-8-21)24-15-25(33)32(28(24)35)22-12-9-19(3)10-13-22/h9-14,18,21,24H,4-8,15,17H2,1-3H3. The number of hydrogen-bond donors (Lipinski definition) is 0. The van der Waals surface area contributed by atoms with Crippen LogP contribution in [-0.2, 0) is 14.4 Å². The van der Waals surface area contributed by atoms with Crippen molar-refractivity contribution in [3.05, 3.63) is 53.2 Å². The molecule has 36 heavy (non-hydrogen) atoms. The van der Waals surface area contributed by atoms with E-state index in [0.717, 1.165) is 43.4 Å². The number of rotatable bonds is 7. The highest BCUT2D eigenvalue weighted by atomic mass is 32.2. The monoisotopic (exact) mass is 504 g/mol. The summed E-state index contributed by atoms with van der Waals surface area (Å²) < 4.78 is 0. The van der Waals surface area contributed by atoms with Crippen molar-refractivity contribution in [1.29, 1.82) is 5.26 Å². The lowest BCUT2D eigenvalue weighted by Gasteiger charge is -2.37. The first-order valence-corrected chi connectivity index (χ1v) is 13.6. The second kappa shape index (κ2) is 11.3. The van der Waals surface area contributed by atoms with E-state index in [2.05, 4.69) is 11.1 Å². The first-order chi connectivity index (χ1) is 17.3. The number of anilines is 1. The molecular formula is C28H32N4O3S. The number of benzene rings is 1. The Bertz CT molecular complexity index is 1180. The molecule has 1 aromatic carbocycles. The third-order valence-corrected chi connectivity index (χ3v) is 7.91. The normalized spacial score (nSPS) is 18.5. The summed E-state index contributed by atoms with van der Waals surface area (Å²) in [6.07, 6.45) is 4.73. The molecule has 0 spiro atoms. The molecule has 1 aromatic heterocycles. The van der Waals surface area contributed by atoms with Gasteiger partial charge in [0.25, 0.3) is 5.91 Å². The van der Waals surface area contributed by atoms with Gasteiger partial charge in [-0.1, -0.05) is 62.6 Å². The van der Waals surface area contributed by atoms with E-state index in [9.17, 15) is 19.6 Å². The number of imide groups is 1. The molecule has 2 aliphatic rings. The third kappa shape index (κ3) is 5.46. The van der Waals surface area contributed by atoms with Crippen molar-refractivity contribution in [2.45, 2.75) is 82.3 Å². The van der Waals surface area contributed by atoms with Crippen LogP contribution in [0.5, 0.6) is 0 Å².